The van der Waals surface area contributed by atoms with Gasteiger partial charge in [0.15, 0.2) is 0 Å². The Balaban J connectivity index is 1.67. The van der Waals surface area contributed by atoms with Gasteiger partial charge in [0, 0.05) is 22.5 Å². The van der Waals surface area contributed by atoms with Crippen LogP contribution in [0.25, 0.3) is 44.3 Å². The molecule has 0 saturated heterocycles. The first-order valence-corrected chi connectivity index (χ1v) is 10.8. The molecule has 0 bridgehead atoms. The van der Waals surface area contributed by atoms with E-state index in [4.69, 9.17) is 4.42 Å². The van der Waals surface area contributed by atoms with Crippen molar-refractivity contribution in [3.63, 3.8) is 0 Å². The highest BCUT2D eigenvalue weighted by atomic mass is 16.3. The Morgan fingerprint density at radius 3 is 2.40 bits per heavy atom. The number of para-hydroxylation sites is 1. The van der Waals surface area contributed by atoms with Crippen molar-refractivity contribution in [1.82, 2.24) is 4.98 Å². The molecule has 30 heavy (non-hydrogen) atoms. The number of hydrogen-bond donors (Lipinski definition) is 0. The second-order valence-electron chi connectivity index (χ2n) is 7.85. The topological polar surface area (TPSA) is 26.0 Å². The second kappa shape index (κ2) is 7.79. The van der Waals surface area contributed by atoms with E-state index in [2.05, 4.69) is 91.6 Å². The van der Waals surface area contributed by atoms with Crippen molar-refractivity contribution in [3.05, 3.63) is 90.6 Å². The number of nitrogens with zero attached hydrogens (tertiary/aromatic N) is 1. The first-order chi connectivity index (χ1) is 14.8. The maximum atomic E-state index is 6.34. The third kappa shape index (κ3) is 3.19. The largest absolute Gasteiger partial charge is 0.455 e. The van der Waals surface area contributed by atoms with Crippen molar-refractivity contribution in [2.75, 3.05) is 0 Å². The quantitative estimate of drug-likeness (QED) is 0.302. The summed E-state index contributed by atoms with van der Waals surface area (Å²) in [6.07, 6.45) is 4.20. The molecule has 2 nitrogen and oxygen atoms in total. The van der Waals surface area contributed by atoms with Gasteiger partial charge in [-0.2, -0.15) is 0 Å². The fraction of sp³-hybridized carbons (Fsp3) is 0.179. The first-order valence-electron chi connectivity index (χ1n) is 10.8. The third-order valence-electron chi connectivity index (χ3n) is 6.12. The van der Waals surface area contributed by atoms with Crippen LogP contribution in [-0.2, 0) is 0 Å². The summed E-state index contributed by atoms with van der Waals surface area (Å²) in [6, 6.07) is 27.7. The molecule has 0 saturated carbocycles. The standard InChI is InChI=1S/C28H25NO/c1-3-19(4-2)22-15-16-29-26(18-22)24-12-8-11-23-25-17-21(20-9-6-5-7-10-20)13-14-27(25)30-28(23)24/h5-19H,3-4H2,1-2H3. The number of pyridine rings is 1. The van der Waals surface area contributed by atoms with Crippen molar-refractivity contribution in [2.24, 2.45) is 0 Å². The molecule has 0 aliphatic heterocycles. The first kappa shape index (κ1) is 18.6. The smallest absolute Gasteiger partial charge is 0.144 e. The Hall–Kier alpha value is -3.39. The molecular formula is C28H25NO. The summed E-state index contributed by atoms with van der Waals surface area (Å²) in [4.78, 5) is 4.69. The predicted molar refractivity (Wildman–Crippen MR) is 126 cm³/mol. The Morgan fingerprint density at radius 2 is 1.60 bits per heavy atom. The normalized spacial score (nSPS) is 11.6. The van der Waals surface area contributed by atoms with E-state index in [1.54, 1.807) is 0 Å². The molecule has 0 N–H and O–H groups in total. The highest BCUT2D eigenvalue weighted by Crippen LogP contribution is 2.37. The molecule has 0 aliphatic rings. The van der Waals surface area contributed by atoms with Crippen LogP contribution in [0.3, 0.4) is 0 Å². The van der Waals surface area contributed by atoms with Crippen LogP contribution in [0, 0.1) is 0 Å². The molecule has 5 aromatic rings. The summed E-state index contributed by atoms with van der Waals surface area (Å²) in [5, 5.41) is 2.28. The maximum absolute atomic E-state index is 6.34. The van der Waals surface area contributed by atoms with Crippen molar-refractivity contribution >= 4 is 21.9 Å². The van der Waals surface area contributed by atoms with Crippen molar-refractivity contribution < 1.29 is 4.42 Å². The fourth-order valence-corrected chi connectivity index (χ4v) is 4.42. The molecule has 2 aromatic heterocycles. The summed E-state index contributed by atoms with van der Waals surface area (Å²) in [6.45, 7) is 4.50. The van der Waals surface area contributed by atoms with Crippen LogP contribution < -0.4 is 0 Å². The van der Waals surface area contributed by atoms with E-state index in [9.17, 15) is 0 Å². The highest BCUT2D eigenvalue weighted by molar-refractivity contribution is 6.10. The summed E-state index contributed by atoms with van der Waals surface area (Å²) in [7, 11) is 0. The van der Waals surface area contributed by atoms with Gasteiger partial charge in [0.05, 0.1) is 5.69 Å². The molecule has 3 aromatic carbocycles. The summed E-state index contributed by atoms with van der Waals surface area (Å²) >= 11 is 0. The van der Waals surface area contributed by atoms with Gasteiger partial charge >= 0.3 is 0 Å². The van der Waals surface area contributed by atoms with Gasteiger partial charge in [0.25, 0.3) is 0 Å². The lowest BCUT2D eigenvalue weighted by atomic mass is 9.93. The Bertz CT molecular complexity index is 1310. The van der Waals surface area contributed by atoms with E-state index in [1.165, 1.54) is 16.7 Å². The van der Waals surface area contributed by atoms with Crippen molar-refractivity contribution in [1.29, 1.82) is 0 Å². The molecule has 0 unspecified atom stereocenters. The Kier molecular flexibility index (Phi) is 4.84. The Labute approximate surface area is 177 Å². The van der Waals surface area contributed by atoms with Gasteiger partial charge in [0.2, 0.25) is 0 Å². The molecule has 5 rings (SSSR count). The molecule has 148 valence electrons. The van der Waals surface area contributed by atoms with Gasteiger partial charge in [-0.3, -0.25) is 4.98 Å². The van der Waals surface area contributed by atoms with E-state index >= 15 is 0 Å². The SMILES string of the molecule is CCC(CC)c1ccnc(-c2cccc3c2oc2ccc(-c4ccccc4)cc23)c1. The maximum Gasteiger partial charge on any atom is 0.144 e. The van der Waals surface area contributed by atoms with Gasteiger partial charge in [0.1, 0.15) is 11.2 Å². The zero-order valence-corrected chi connectivity index (χ0v) is 17.4. The molecule has 2 heterocycles. The molecule has 0 aliphatic carbocycles. The van der Waals surface area contributed by atoms with Crippen LogP contribution in [0.1, 0.15) is 38.2 Å². The van der Waals surface area contributed by atoms with Crippen LogP contribution in [0.15, 0.2) is 89.5 Å². The van der Waals surface area contributed by atoms with Crippen LogP contribution in [0.5, 0.6) is 0 Å². The highest BCUT2D eigenvalue weighted by Gasteiger charge is 2.15. The number of aromatic nitrogens is 1. The zero-order chi connectivity index (χ0) is 20.5. The van der Waals surface area contributed by atoms with Crippen molar-refractivity contribution in [3.8, 4) is 22.4 Å². The number of fused-ring (bicyclic) bond motifs is 3. The molecule has 2 heteroatoms. The monoisotopic (exact) mass is 391 g/mol. The summed E-state index contributed by atoms with van der Waals surface area (Å²) in [5.74, 6) is 0.565. The van der Waals surface area contributed by atoms with E-state index < -0.39 is 0 Å². The zero-order valence-electron chi connectivity index (χ0n) is 17.4. The van der Waals surface area contributed by atoms with Gasteiger partial charge in [-0.25, -0.2) is 0 Å². The van der Waals surface area contributed by atoms with Gasteiger partial charge in [-0.05, 0) is 65.8 Å². The number of benzene rings is 3. The lowest BCUT2D eigenvalue weighted by molar-refractivity contribution is 0.641. The van der Waals surface area contributed by atoms with Crippen LogP contribution in [0.4, 0.5) is 0 Å². The average molecular weight is 392 g/mol. The molecule has 0 amide bonds. The molecule has 0 atom stereocenters. The van der Waals surface area contributed by atoms with Gasteiger partial charge < -0.3 is 4.42 Å². The van der Waals surface area contributed by atoms with Gasteiger partial charge in [-0.1, -0.05) is 62.4 Å². The molecular weight excluding hydrogens is 366 g/mol. The van der Waals surface area contributed by atoms with Crippen molar-refractivity contribution in [2.45, 2.75) is 32.6 Å². The van der Waals surface area contributed by atoms with E-state index in [-0.39, 0.29) is 0 Å². The molecule has 0 radical (unpaired) electrons. The average Bonchev–Trinajstić information content (AvgIpc) is 3.19. The second-order valence-corrected chi connectivity index (χ2v) is 7.85. The lowest BCUT2D eigenvalue weighted by Crippen LogP contribution is -1.96. The van der Waals surface area contributed by atoms with E-state index in [0.717, 1.165) is 46.0 Å². The summed E-state index contributed by atoms with van der Waals surface area (Å²) in [5.41, 5.74) is 7.62. The molecule has 0 fully saturated rings. The number of rotatable bonds is 5. The van der Waals surface area contributed by atoms with E-state index in [1.807, 2.05) is 12.3 Å². The number of furan rings is 1. The van der Waals surface area contributed by atoms with Crippen LogP contribution >= 0.6 is 0 Å². The lowest BCUT2D eigenvalue weighted by Gasteiger charge is -2.13. The minimum Gasteiger partial charge on any atom is -0.455 e. The van der Waals surface area contributed by atoms with Crippen LogP contribution in [-0.4, -0.2) is 4.98 Å². The predicted octanol–water partition coefficient (Wildman–Crippen LogP) is 8.22. The minimum atomic E-state index is 0.565. The summed E-state index contributed by atoms with van der Waals surface area (Å²) < 4.78 is 6.34. The fourth-order valence-electron chi connectivity index (χ4n) is 4.42. The molecule has 0 spiro atoms. The van der Waals surface area contributed by atoms with Crippen LogP contribution in [0.2, 0.25) is 0 Å². The Morgan fingerprint density at radius 1 is 0.767 bits per heavy atom. The minimum absolute atomic E-state index is 0.565. The van der Waals surface area contributed by atoms with Gasteiger partial charge in [-0.15, -0.1) is 0 Å². The third-order valence-corrected chi connectivity index (χ3v) is 6.12. The van der Waals surface area contributed by atoms with E-state index in [0.29, 0.717) is 5.92 Å². The number of hydrogen-bond acceptors (Lipinski definition) is 2.